The highest BCUT2D eigenvalue weighted by molar-refractivity contribution is 8.60. The third kappa shape index (κ3) is 3.19. The molecule has 18 heavy (non-hydrogen) atoms. The van der Waals surface area contributed by atoms with E-state index in [4.69, 9.17) is 0 Å². The monoisotopic (exact) mass is 322 g/mol. The molecule has 1 aliphatic rings. The Hall–Kier alpha value is 0.600. The number of aryl methyl sites for hydroxylation is 1. The molecule has 5 atom stereocenters. The number of carbonyl (C=O) groups excluding carboxylic acids is 1. The Labute approximate surface area is 117 Å². The van der Waals surface area contributed by atoms with Crippen LogP contribution < -0.4 is 0 Å². The second kappa shape index (κ2) is 7.40. The summed E-state index contributed by atoms with van der Waals surface area (Å²) in [5.41, 5.74) is 3.10. The molecule has 0 N–H and O–H groups in total. The molecule has 0 radical (unpaired) electrons. The number of hydrogen-bond acceptors (Lipinski definition) is 2. The second-order valence-electron chi connectivity index (χ2n) is 4.08. The summed E-state index contributed by atoms with van der Waals surface area (Å²) in [5, 5.41) is 4.55. The van der Waals surface area contributed by atoms with Crippen molar-refractivity contribution >= 4 is 39.0 Å². The van der Waals surface area contributed by atoms with Crippen LogP contribution in [0.4, 0.5) is 0 Å². The number of rotatable bonds is 2. The fraction of sp³-hybridized carbons (Fsp3) is 0.636. The number of carbonyl (C=O) groups is 1. The molecule has 1 heterocycles. The zero-order chi connectivity index (χ0) is 13.9. The summed E-state index contributed by atoms with van der Waals surface area (Å²) in [6, 6.07) is 0. The van der Waals surface area contributed by atoms with Crippen LogP contribution in [0.1, 0.15) is 48.9 Å². The van der Waals surface area contributed by atoms with Crippen molar-refractivity contribution in [1.29, 1.82) is 0 Å². The van der Waals surface area contributed by atoms with E-state index in [9.17, 15) is 4.79 Å². The molecule has 0 aromatic carbocycles. The summed E-state index contributed by atoms with van der Waals surface area (Å²) in [4.78, 5) is 12.2. The van der Waals surface area contributed by atoms with Gasteiger partial charge in [0.1, 0.15) is 5.69 Å². The standard InChI is InChI=1S/C9H16N2OP4.C2H6/c1-5-3-4-7-6(2)10-11(16(14)15-13)8(7)9(5)12;1-2/h5,15H,3-4,13-14H2,1-2H3;1-2H3. The van der Waals surface area contributed by atoms with Crippen molar-refractivity contribution in [2.75, 3.05) is 0 Å². The summed E-state index contributed by atoms with van der Waals surface area (Å²) < 4.78 is 1.97. The molecule has 2 rings (SSSR count). The molecule has 0 saturated carbocycles. The first kappa shape index (κ1) is 16.7. The number of aromatic nitrogens is 2. The topological polar surface area (TPSA) is 34.9 Å². The highest BCUT2D eigenvalue weighted by atomic mass is 32.6. The van der Waals surface area contributed by atoms with Crippen molar-refractivity contribution in [3.8, 4) is 0 Å². The molecule has 102 valence electrons. The third-order valence-corrected chi connectivity index (χ3v) is 12.4. The van der Waals surface area contributed by atoms with Gasteiger partial charge in [0.15, 0.2) is 5.78 Å². The minimum atomic E-state index is -0.421. The third-order valence-electron chi connectivity index (χ3n) is 3.01. The van der Waals surface area contributed by atoms with Gasteiger partial charge in [-0.15, -0.1) is 8.93 Å². The molecule has 7 heteroatoms. The molecule has 0 saturated heterocycles. The molecular formula is C11H22N2OP4. The molecule has 0 aliphatic heterocycles. The Kier molecular flexibility index (Phi) is 6.85. The maximum absolute atomic E-state index is 12.2. The van der Waals surface area contributed by atoms with E-state index in [1.54, 1.807) is 0 Å². The lowest BCUT2D eigenvalue weighted by Gasteiger charge is -2.20. The van der Waals surface area contributed by atoms with Crippen LogP contribution in [0.25, 0.3) is 0 Å². The van der Waals surface area contributed by atoms with Crippen molar-refractivity contribution in [3.63, 3.8) is 0 Å². The predicted molar refractivity (Wildman–Crippen MR) is 90.2 cm³/mol. The van der Waals surface area contributed by atoms with E-state index in [0.717, 1.165) is 32.2 Å². The van der Waals surface area contributed by atoms with Crippen LogP contribution in [0, 0.1) is 12.8 Å². The summed E-state index contributed by atoms with van der Waals surface area (Å²) in [6.45, 7) is 8.03. The summed E-state index contributed by atoms with van der Waals surface area (Å²) in [7, 11) is 5.87. The summed E-state index contributed by atoms with van der Waals surface area (Å²) in [6.07, 6.45) is 1.97. The maximum Gasteiger partial charge on any atom is 0.184 e. The van der Waals surface area contributed by atoms with Crippen LogP contribution >= 0.6 is 33.3 Å². The zero-order valence-electron chi connectivity index (χ0n) is 11.4. The number of Topliss-reactive ketones (excluding diaryl/α,β-unsaturated/α-hetero) is 1. The number of hydrogen-bond donors (Lipinski definition) is 0. The fourth-order valence-corrected chi connectivity index (χ4v) is 5.05. The predicted octanol–water partition coefficient (Wildman–Crippen LogP) is 4.40. The quantitative estimate of drug-likeness (QED) is 0.756. The minimum absolute atomic E-state index is 0.156. The second-order valence-corrected chi connectivity index (χ2v) is 12.9. The lowest BCUT2D eigenvalue weighted by Crippen LogP contribution is -2.21. The van der Waals surface area contributed by atoms with Gasteiger partial charge < -0.3 is 0 Å². The Morgan fingerprint density at radius 1 is 1.50 bits per heavy atom. The van der Waals surface area contributed by atoms with Gasteiger partial charge >= 0.3 is 0 Å². The highest BCUT2D eigenvalue weighted by Gasteiger charge is 2.31. The van der Waals surface area contributed by atoms with Gasteiger partial charge in [0.25, 0.3) is 0 Å². The molecule has 1 aromatic heterocycles. The van der Waals surface area contributed by atoms with Gasteiger partial charge in [-0.25, -0.2) is 4.45 Å². The van der Waals surface area contributed by atoms with Gasteiger partial charge in [0.2, 0.25) is 0 Å². The molecule has 5 unspecified atom stereocenters. The minimum Gasteiger partial charge on any atom is -0.292 e. The van der Waals surface area contributed by atoms with Crippen molar-refractivity contribution < 1.29 is 4.79 Å². The first-order valence-corrected chi connectivity index (χ1v) is 12.8. The van der Waals surface area contributed by atoms with Crippen molar-refractivity contribution in [2.24, 2.45) is 5.92 Å². The maximum atomic E-state index is 12.2. The average Bonchev–Trinajstić information content (AvgIpc) is 2.73. The zero-order valence-corrected chi connectivity index (χ0v) is 15.6. The lowest BCUT2D eigenvalue weighted by molar-refractivity contribution is 0.0907. The van der Waals surface area contributed by atoms with Crippen molar-refractivity contribution in [2.45, 2.75) is 40.5 Å². The molecule has 0 amide bonds. The van der Waals surface area contributed by atoms with Crippen LogP contribution in [-0.2, 0) is 6.42 Å². The van der Waals surface area contributed by atoms with Gasteiger partial charge in [-0.05, 0) is 27.7 Å². The van der Waals surface area contributed by atoms with Crippen LogP contribution in [0.3, 0.4) is 0 Å². The molecule has 1 aromatic rings. The van der Waals surface area contributed by atoms with Crippen molar-refractivity contribution in [3.05, 3.63) is 17.0 Å². The van der Waals surface area contributed by atoms with E-state index >= 15 is 0 Å². The number of nitrogens with zero attached hydrogens (tertiary/aromatic N) is 2. The van der Waals surface area contributed by atoms with E-state index < -0.39 is 7.45 Å². The summed E-state index contributed by atoms with van der Waals surface area (Å²) in [5.74, 6) is 0.434. The number of fused-ring (bicyclic) bond motifs is 1. The molecule has 1 aliphatic carbocycles. The van der Waals surface area contributed by atoms with Crippen molar-refractivity contribution in [1.82, 2.24) is 9.55 Å². The summed E-state index contributed by atoms with van der Waals surface area (Å²) >= 11 is 0. The molecule has 0 fully saturated rings. The molecule has 0 bridgehead atoms. The van der Waals surface area contributed by atoms with Crippen LogP contribution in [-0.4, -0.2) is 15.3 Å². The number of ketones is 1. The van der Waals surface area contributed by atoms with E-state index in [1.165, 1.54) is 5.56 Å². The van der Waals surface area contributed by atoms with Gasteiger partial charge in [-0.1, -0.05) is 29.7 Å². The first-order chi connectivity index (χ1) is 8.56. The first-order valence-electron chi connectivity index (χ1n) is 6.20. The average molecular weight is 322 g/mol. The Morgan fingerprint density at radius 3 is 2.67 bits per heavy atom. The lowest BCUT2D eigenvalue weighted by atomic mass is 9.87. The largest absolute Gasteiger partial charge is 0.292 e. The van der Waals surface area contributed by atoms with E-state index in [-0.39, 0.29) is 11.7 Å². The molecular weight excluding hydrogens is 300 g/mol. The van der Waals surface area contributed by atoms with Gasteiger partial charge in [0, 0.05) is 11.5 Å². The SMILES string of the molecule is CC.Cc1nn(P(P)PP)c2c1CCC(C)C2=O. The Balaban J connectivity index is 0.000000771. The van der Waals surface area contributed by atoms with Crippen LogP contribution in [0.5, 0.6) is 0 Å². The Morgan fingerprint density at radius 2 is 2.11 bits per heavy atom. The highest BCUT2D eigenvalue weighted by Crippen LogP contribution is 2.67. The fourth-order valence-electron chi connectivity index (χ4n) is 2.03. The van der Waals surface area contributed by atoms with Gasteiger partial charge in [-0.3, -0.25) is 4.79 Å². The molecule has 3 nitrogen and oxygen atoms in total. The van der Waals surface area contributed by atoms with E-state index in [2.05, 4.69) is 23.0 Å². The Bertz CT molecular complexity index is 433. The molecule has 0 spiro atoms. The van der Waals surface area contributed by atoms with E-state index in [1.807, 2.05) is 32.1 Å². The normalized spacial score (nSPS) is 20.6. The van der Waals surface area contributed by atoms with Gasteiger partial charge in [-0.2, -0.15) is 5.10 Å². The van der Waals surface area contributed by atoms with Gasteiger partial charge in [0.05, 0.1) is 13.1 Å². The van der Waals surface area contributed by atoms with E-state index in [0.29, 0.717) is 0 Å². The van der Waals surface area contributed by atoms with Crippen LogP contribution in [0.2, 0.25) is 0 Å². The van der Waals surface area contributed by atoms with Crippen LogP contribution in [0.15, 0.2) is 0 Å². The smallest absolute Gasteiger partial charge is 0.184 e.